The Hall–Kier alpha value is -3.34. The fraction of sp³-hybridized carbons (Fsp3) is 0.435. The van der Waals surface area contributed by atoms with E-state index >= 15 is 0 Å². The van der Waals surface area contributed by atoms with Crippen LogP contribution in [-0.4, -0.2) is 50.0 Å². The second-order valence-corrected chi connectivity index (χ2v) is 8.89. The van der Waals surface area contributed by atoms with E-state index in [-0.39, 0.29) is 22.5 Å². The van der Waals surface area contributed by atoms with E-state index in [4.69, 9.17) is 0 Å². The average molecular weight is 481 g/mol. The molecule has 0 aliphatic carbocycles. The number of aromatic nitrogens is 2. The molecule has 3 rings (SSSR count). The maximum Gasteiger partial charge on any atom is 0.416 e. The maximum absolute atomic E-state index is 13.3. The summed E-state index contributed by atoms with van der Waals surface area (Å²) in [7, 11) is 0. The number of carbonyl (C=O) groups is 2. The summed E-state index contributed by atoms with van der Waals surface area (Å²) in [4.78, 5) is 40.5. The number of amides is 1. The number of alkyl halides is 3. The highest BCUT2D eigenvalue weighted by atomic mass is 19.4. The molecule has 8 nitrogen and oxygen atoms in total. The minimum atomic E-state index is -4.92. The summed E-state index contributed by atoms with van der Waals surface area (Å²) >= 11 is 0. The minimum absolute atomic E-state index is 0.0237. The first-order valence-electron chi connectivity index (χ1n) is 10.7. The number of carboxylic acids is 1. The third kappa shape index (κ3) is 4.65. The Morgan fingerprint density at radius 3 is 2.29 bits per heavy atom. The predicted molar refractivity (Wildman–Crippen MR) is 120 cm³/mol. The van der Waals surface area contributed by atoms with Gasteiger partial charge in [0, 0.05) is 16.5 Å². The molecule has 0 aliphatic rings. The Kier molecular flexibility index (Phi) is 6.79. The van der Waals surface area contributed by atoms with Crippen molar-refractivity contribution in [1.82, 2.24) is 14.9 Å². The first-order valence-corrected chi connectivity index (χ1v) is 10.7. The van der Waals surface area contributed by atoms with Gasteiger partial charge in [-0.2, -0.15) is 13.2 Å². The molecule has 0 radical (unpaired) electrons. The second-order valence-electron chi connectivity index (χ2n) is 8.89. The lowest BCUT2D eigenvalue weighted by atomic mass is 9.98. The molecule has 2 atom stereocenters. The molecule has 0 bridgehead atoms. The van der Waals surface area contributed by atoms with E-state index in [0.29, 0.717) is 16.5 Å². The van der Waals surface area contributed by atoms with E-state index in [9.17, 15) is 37.8 Å². The van der Waals surface area contributed by atoms with Crippen LogP contribution in [0.15, 0.2) is 29.1 Å². The number of fused-ring (bicyclic) bond motifs is 3. The number of benzene rings is 1. The van der Waals surface area contributed by atoms with Crippen LogP contribution < -0.4 is 10.9 Å². The summed E-state index contributed by atoms with van der Waals surface area (Å²) < 4.78 is 40.2. The topological polar surface area (TPSA) is 124 Å². The summed E-state index contributed by atoms with van der Waals surface area (Å²) in [6.07, 6.45) is -7.68. The molecule has 1 aromatic carbocycles. The van der Waals surface area contributed by atoms with Crippen LogP contribution in [0.25, 0.3) is 21.8 Å². The number of carbonyl (C=O) groups excluding carboxylic acids is 1. The predicted octanol–water partition coefficient (Wildman–Crippen LogP) is 3.37. The number of aliphatic hydroxyl groups is 1. The largest absolute Gasteiger partial charge is 0.478 e. The van der Waals surface area contributed by atoms with Gasteiger partial charge < -0.3 is 25.1 Å². The highest BCUT2D eigenvalue weighted by Gasteiger charge is 2.45. The number of aromatic amines is 1. The van der Waals surface area contributed by atoms with Crippen LogP contribution in [0.4, 0.5) is 13.2 Å². The Balaban J connectivity index is 2.09. The van der Waals surface area contributed by atoms with Gasteiger partial charge in [0.05, 0.1) is 17.1 Å². The van der Waals surface area contributed by atoms with Gasteiger partial charge in [0.25, 0.3) is 5.56 Å². The molecule has 0 spiro atoms. The van der Waals surface area contributed by atoms with Gasteiger partial charge in [-0.1, -0.05) is 39.8 Å². The van der Waals surface area contributed by atoms with Gasteiger partial charge in [-0.25, -0.2) is 4.79 Å². The van der Waals surface area contributed by atoms with Crippen molar-refractivity contribution in [2.45, 2.75) is 58.5 Å². The lowest BCUT2D eigenvalue weighted by Gasteiger charge is -2.29. The van der Waals surface area contributed by atoms with E-state index in [1.165, 1.54) is 19.9 Å². The van der Waals surface area contributed by atoms with Gasteiger partial charge in [-0.15, -0.1) is 0 Å². The number of aromatic carboxylic acids is 1. The molecule has 0 saturated carbocycles. The molecule has 2 aromatic heterocycles. The molecule has 3 aromatic rings. The summed E-state index contributed by atoms with van der Waals surface area (Å²) in [6.45, 7) is 5.87. The van der Waals surface area contributed by atoms with Gasteiger partial charge in [-0.3, -0.25) is 9.59 Å². The number of H-pyrrole nitrogens is 1. The Morgan fingerprint density at radius 2 is 1.76 bits per heavy atom. The van der Waals surface area contributed by atoms with E-state index in [2.05, 4.69) is 10.3 Å². The number of hydrogen-bond acceptors (Lipinski definition) is 4. The van der Waals surface area contributed by atoms with Crippen LogP contribution in [-0.2, 0) is 11.3 Å². The molecule has 0 saturated heterocycles. The molecule has 0 fully saturated rings. The van der Waals surface area contributed by atoms with Crippen LogP contribution in [0.2, 0.25) is 0 Å². The van der Waals surface area contributed by atoms with Crippen LogP contribution in [0.1, 0.15) is 49.7 Å². The zero-order valence-corrected chi connectivity index (χ0v) is 19.0. The van der Waals surface area contributed by atoms with Gasteiger partial charge in [0.15, 0.2) is 6.10 Å². The molecule has 1 amide bonds. The zero-order chi connectivity index (χ0) is 25.5. The Labute approximate surface area is 192 Å². The summed E-state index contributed by atoms with van der Waals surface area (Å²) in [5, 5.41) is 22.3. The Bertz CT molecular complexity index is 1310. The first-order chi connectivity index (χ1) is 15.7. The number of nitrogens with one attached hydrogen (secondary N) is 2. The number of aliphatic hydroxyl groups excluding tert-OH is 1. The highest BCUT2D eigenvalue weighted by Crippen LogP contribution is 2.29. The number of nitrogens with zero attached hydrogens (tertiary/aromatic N) is 1. The molecule has 2 unspecified atom stereocenters. The van der Waals surface area contributed by atoms with Crippen molar-refractivity contribution in [2.24, 2.45) is 5.92 Å². The second kappa shape index (κ2) is 9.13. The van der Waals surface area contributed by atoms with Crippen molar-refractivity contribution in [3.63, 3.8) is 0 Å². The summed E-state index contributed by atoms with van der Waals surface area (Å²) in [6, 6.07) is 4.70. The minimum Gasteiger partial charge on any atom is -0.478 e. The van der Waals surface area contributed by atoms with Gasteiger partial charge in [-0.05, 0) is 24.0 Å². The standard InChI is InChI=1S/C23H26F3N3O5/c1-10(2)15-8-14-12-6-5-7-13(22(33)34)18(12)28-19(14)21(32)29(15)9-16(30)27-17(11(3)4)20(31)23(24,25)26/h5-8,10-11,17,20,28,31H,9H2,1-4H3,(H,27,30)(H,33,34). The molecule has 11 heteroatoms. The fourth-order valence-electron chi connectivity index (χ4n) is 4.04. The van der Waals surface area contributed by atoms with E-state index < -0.39 is 48.2 Å². The lowest BCUT2D eigenvalue weighted by molar-refractivity contribution is -0.215. The third-order valence-corrected chi connectivity index (χ3v) is 5.78. The number of halogens is 3. The molecule has 34 heavy (non-hydrogen) atoms. The lowest BCUT2D eigenvalue weighted by Crippen LogP contribution is -2.53. The fourth-order valence-corrected chi connectivity index (χ4v) is 4.04. The number of hydrogen-bond donors (Lipinski definition) is 4. The number of para-hydroxylation sites is 1. The van der Waals surface area contributed by atoms with Gasteiger partial charge in [0.1, 0.15) is 12.1 Å². The monoisotopic (exact) mass is 481 g/mol. The SMILES string of the molecule is CC(C)c1cc2c([nH]c3c(C(=O)O)cccc32)c(=O)n1CC(=O)NC(C(C)C)C(O)C(F)(F)F. The number of rotatable bonds is 7. The first kappa shape index (κ1) is 25.3. The highest BCUT2D eigenvalue weighted by molar-refractivity contribution is 6.13. The summed E-state index contributed by atoms with van der Waals surface area (Å²) in [5.74, 6) is -3.01. The quantitative estimate of drug-likeness (QED) is 0.412. The molecule has 184 valence electrons. The van der Waals surface area contributed by atoms with Crippen LogP contribution >= 0.6 is 0 Å². The van der Waals surface area contributed by atoms with Crippen molar-refractivity contribution in [2.75, 3.05) is 0 Å². The number of pyridine rings is 1. The van der Waals surface area contributed by atoms with E-state index in [1.54, 1.807) is 32.0 Å². The third-order valence-electron chi connectivity index (χ3n) is 5.78. The Morgan fingerprint density at radius 1 is 1.12 bits per heavy atom. The van der Waals surface area contributed by atoms with Crippen LogP contribution in [0.5, 0.6) is 0 Å². The molecular weight excluding hydrogens is 455 g/mol. The normalized spacial score (nSPS) is 14.2. The maximum atomic E-state index is 13.3. The summed E-state index contributed by atoms with van der Waals surface area (Å²) in [5.41, 5.74) is 0.154. The van der Waals surface area contributed by atoms with E-state index in [0.717, 1.165) is 4.57 Å². The number of carboxylic acid groups (broad SMARTS) is 1. The van der Waals surface area contributed by atoms with Crippen molar-refractivity contribution in [3.05, 3.63) is 45.9 Å². The van der Waals surface area contributed by atoms with E-state index in [1.807, 2.05) is 0 Å². The molecule has 0 aliphatic heterocycles. The van der Waals surface area contributed by atoms with Crippen molar-refractivity contribution in [1.29, 1.82) is 0 Å². The molecule has 2 heterocycles. The van der Waals surface area contributed by atoms with Gasteiger partial charge >= 0.3 is 12.1 Å². The van der Waals surface area contributed by atoms with Crippen molar-refractivity contribution >= 4 is 33.7 Å². The van der Waals surface area contributed by atoms with Crippen molar-refractivity contribution < 1.29 is 33.0 Å². The zero-order valence-electron chi connectivity index (χ0n) is 19.0. The van der Waals surface area contributed by atoms with Gasteiger partial charge in [0.2, 0.25) is 5.91 Å². The molecular formula is C23H26F3N3O5. The average Bonchev–Trinajstić information content (AvgIpc) is 3.11. The smallest absolute Gasteiger partial charge is 0.416 e. The van der Waals surface area contributed by atoms with Crippen LogP contribution in [0, 0.1) is 5.92 Å². The van der Waals surface area contributed by atoms with Crippen molar-refractivity contribution in [3.8, 4) is 0 Å². The van der Waals surface area contributed by atoms with Crippen LogP contribution in [0.3, 0.4) is 0 Å². The molecule has 4 N–H and O–H groups in total.